The van der Waals surface area contributed by atoms with Crippen LogP contribution in [0.4, 0.5) is 0 Å². The summed E-state index contributed by atoms with van der Waals surface area (Å²) in [7, 11) is 1.50. The lowest BCUT2D eigenvalue weighted by Crippen LogP contribution is -2.06. The molecule has 0 aliphatic heterocycles. The van der Waals surface area contributed by atoms with Crippen molar-refractivity contribution < 1.29 is 4.84 Å². The molecule has 0 heterocycles. The molecule has 0 saturated carbocycles. The van der Waals surface area contributed by atoms with E-state index in [1.165, 1.54) is 7.11 Å². The van der Waals surface area contributed by atoms with Gasteiger partial charge in [-0.05, 0) is 6.07 Å². The molecule has 0 spiro atoms. The minimum absolute atomic E-state index is 0.581. The van der Waals surface area contributed by atoms with Crippen LogP contribution in [0.1, 0.15) is 16.7 Å². The first-order valence-electron chi connectivity index (χ1n) is 5.53. The van der Waals surface area contributed by atoms with E-state index in [0.717, 1.165) is 11.1 Å². The number of hydrogen-bond donors (Lipinski definition) is 0. The molecule has 2 aromatic rings. The zero-order valence-corrected chi connectivity index (χ0v) is 10.00. The lowest BCUT2D eigenvalue weighted by Gasteiger charge is -2.07. The Morgan fingerprint density at radius 2 is 1.72 bits per heavy atom. The second-order valence-electron chi connectivity index (χ2n) is 3.65. The number of rotatable bonds is 3. The minimum atomic E-state index is 0.581. The highest BCUT2D eigenvalue weighted by atomic mass is 16.6. The molecule has 0 bridgehead atoms. The number of hydrogen-bond acceptors (Lipinski definition) is 3. The summed E-state index contributed by atoms with van der Waals surface area (Å²) in [5, 5.41) is 13.2. The fourth-order valence-electron chi connectivity index (χ4n) is 1.73. The third kappa shape index (κ3) is 2.38. The van der Waals surface area contributed by atoms with Crippen molar-refractivity contribution in [3.05, 3.63) is 71.3 Å². The lowest BCUT2D eigenvalue weighted by atomic mass is 9.98. The summed E-state index contributed by atoms with van der Waals surface area (Å²) in [6, 6.07) is 19.2. The van der Waals surface area contributed by atoms with Crippen molar-refractivity contribution in [2.45, 2.75) is 0 Å². The molecular weight excluding hydrogens is 224 g/mol. The monoisotopic (exact) mass is 236 g/mol. The molecule has 88 valence electrons. The quantitative estimate of drug-likeness (QED) is 0.607. The molecule has 0 N–H and O–H groups in total. The van der Waals surface area contributed by atoms with Crippen molar-refractivity contribution in [1.82, 2.24) is 0 Å². The lowest BCUT2D eigenvalue weighted by molar-refractivity contribution is 0.214. The van der Waals surface area contributed by atoms with Crippen molar-refractivity contribution >= 4 is 5.71 Å². The van der Waals surface area contributed by atoms with E-state index in [1.54, 1.807) is 6.07 Å². The average molecular weight is 236 g/mol. The van der Waals surface area contributed by atoms with Crippen LogP contribution in [0.25, 0.3) is 0 Å². The van der Waals surface area contributed by atoms with E-state index >= 15 is 0 Å². The summed E-state index contributed by atoms with van der Waals surface area (Å²) in [6.45, 7) is 0. The zero-order valence-electron chi connectivity index (χ0n) is 10.00. The van der Waals surface area contributed by atoms with Crippen molar-refractivity contribution in [3.63, 3.8) is 0 Å². The van der Waals surface area contributed by atoms with Crippen LogP contribution in [0.3, 0.4) is 0 Å². The Morgan fingerprint density at radius 1 is 1.06 bits per heavy atom. The molecule has 18 heavy (non-hydrogen) atoms. The van der Waals surface area contributed by atoms with E-state index < -0.39 is 0 Å². The fourth-order valence-corrected chi connectivity index (χ4v) is 1.73. The van der Waals surface area contributed by atoms with E-state index in [1.807, 2.05) is 48.5 Å². The van der Waals surface area contributed by atoms with Gasteiger partial charge in [-0.25, -0.2) is 0 Å². The molecule has 3 nitrogen and oxygen atoms in total. The Balaban J connectivity index is 2.57. The maximum atomic E-state index is 9.14. The standard InChI is InChI=1S/C15H12N2O/c1-18-17-15(12-7-3-2-4-8-12)14-10-6-5-9-13(14)11-16/h2-10H,1H3. The third-order valence-electron chi connectivity index (χ3n) is 2.53. The summed E-state index contributed by atoms with van der Waals surface area (Å²) in [5.74, 6) is 0. The van der Waals surface area contributed by atoms with Gasteiger partial charge in [0.05, 0.1) is 11.6 Å². The van der Waals surface area contributed by atoms with Crippen LogP contribution in [-0.4, -0.2) is 12.8 Å². The first-order valence-corrected chi connectivity index (χ1v) is 5.53. The summed E-state index contributed by atoms with van der Waals surface area (Å²) in [5.41, 5.74) is 2.93. The predicted octanol–water partition coefficient (Wildman–Crippen LogP) is 2.96. The smallest absolute Gasteiger partial charge is 0.118 e. The van der Waals surface area contributed by atoms with Gasteiger partial charge in [0.2, 0.25) is 0 Å². The van der Waals surface area contributed by atoms with Crippen molar-refractivity contribution in [2.75, 3.05) is 7.11 Å². The first-order chi connectivity index (χ1) is 8.86. The van der Waals surface area contributed by atoms with Gasteiger partial charge in [-0.3, -0.25) is 0 Å². The Bertz CT molecular complexity index is 597. The van der Waals surface area contributed by atoms with E-state index in [0.29, 0.717) is 11.3 Å². The van der Waals surface area contributed by atoms with E-state index in [2.05, 4.69) is 11.2 Å². The molecule has 3 heteroatoms. The second kappa shape index (κ2) is 5.65. The van der Waals surface area contributed by atoms with Gasteiger partial charge in [-0.15, -0.1) is 0 Å². The maximum Gasteiger partial charge on any atom is 0.118 e. The van der Waals surface area contributed by atoms with Crippen LogP contribution < -0.4 is 0 Å². The maximum absolute atomic E-state index is 9.14. The molecule has 2 aromatic carbocycles. The fraction of sp³-hybridized carbons (Fsp3) is 0.0667. The number of oxime groups is 1. The van der Waals surface area contributed by atoms with Gasteiger partial charge < -0.3 is 4.84 Å². The molecule has 0 aliphatic carbocycles. The molecule has 0 fully saturated rings. The van der Waals surface area contributed by atoms with E-state index in [-0.39, 0.29) is 0 Å². The molecule has 2 rings (SSSR count). The molecule has 0 aromatic heterocycles. The highest BCUT2D eigenvalue weighted by Crippen LogP contribution is 2.15. The van der Waals surface area contributed by atoms with Gasteiger partial charge in [-0.2, -0.15) is 5.26 Å². The van der Waals surface area contributed by atoms with Crippen LogP contribution in [0.2, 0.25) is 0 Å². The van der Waals surface area contributed by atoms with Crippen molar-refractivity contribution in [1.29, 1.82) is 5.26 Å². The second-order valence-corrected chi connectivity index (χ2v) is 3.65. The Morgan fingerprint density at radius 3 is 2.39 bits per heavy atom. The highest BCUT2D eigenvalue weighted by molar-refractivity contribution is 6.13. The largest absolute Gasteiger partial charge is 0.399 e. The Kier molecular flexibility index (Phi) is 3.72. The van der Waals surface area contributed by atoms with Crippen LogP contribution in [0.5, 0.6) is 0 Å². The molecule has 0 radical (unpaired) electrons. The minimum Gasteiger partial charge on any atom is -0.399 e. The summed E-state index contributed by atoms with van der Waals surface area (Å²) in [4.78, 5) is 4.89. The van der Waals surface area contributed by atoms with Crippen molar-refractivity contribution in [2.24, 2.45) is 5.16 Å². The SMILES string of the molecule is CON=C(c1ccccc1)c1ccccc1C#N. The Labute approximate surface area is 106 Å². The van der Waals surface area contributed by atoms with Gasteiger partial charge in [0, 0.05) is 11.1 Å². The van der Waals surface area contributed by atoms with Gasteiger partial charge in [0.25, 0.3) is 0 Å². The summed E-state index contributed by atoms with van der Waals surface area (Å²) >= 11 is 0. The van der Waals surface area contributed by atoms with Gasteiger partial charge in [0.15, 0.2) is 0 Å². The molecular formula is C15H12N2O. The molecule has 0 atom stereocenters. The number of benzene rings is 2. The van der Waals surface area contributed by atoms with E-state index in [4.69, 9.17) is 10.1 Å². The highest BCUT2D eigenvalue weighted by Gasteiger charge is 2.11. The van der Waals surface area contributed by atoms with Crippen molar-refractivity contribution in [3.8, 4) is 6.07 Å². The molecule has 0 saturated heterocycles. The summed E-state index contributed by atoms with van der Waals surface area (Å²) < 4.78 is 0. The first kappa shape index (κ1) is 11.9. The number of nitriles is 1. The topological polar surface area (TPSA) is 45.4 Å². The molecule has 0 unspecified atom stereocenters. The van der Waals surface area contributed by atoms with Crippen LogP contribution >= 0.6 is 0 Å². The molecule has 0 amide bonds. The van der Waals surface area contributed by atoms with E-state index in [9.17, 15) is 0 Å². The van der Waals surface area contributed by atoms with Crippen LogP contribution in [0.15, 0.2) is 59.8 Å². The summed E-state index contributed by atoms with van der Waals surface area (Å²) in [6.07, 6.45) is 0. The Hall–Kier alpha value is -2.60. The molecule has 0 aliphatic rings. The van der Waals surface area contributed by atoms with Crippen LogP contribution in [0, 0.1) is 11.3 Å². The normalized spacial score (nSPS) is 10.8. The van der Waals surface area contributed by atoms with Crippen LogP contribution in [-0.2, 0) is 4.84 Å². The number of nitrogens with zero attached hydrogens (tertiary/aromatic N) is 2. The van der Waals surface area contributed by atoms with Gasteiger partial charge >= 0.3 is 0 Å². The van der Waals surface area contributed by atoms with Gasteiger partial charge in [0.1, 0.15) is 12.8 Å². The van der Waals surface area contributed by atoms with Gasteiger partial charge in [-0.1, -0.05) is 53.7 Å². The zero-order chi connectivity index (χ0) is 12.8. The average Bonchev–Trinajstić information content (AvgIpc) is 2.46. The predicted molar refractivity (Wildman–Crippen MR) is 70.2 cm³/mol. The third-order valence-corrected chi connectivity index (χ3v) is 2.53.